The summed E-state index contributed by atoms with van der Waals surface area (Å²) < 4.78 is 0. The van der Waals surface area contributed by atoms with Gasteiger partial charge in [-0.15, -0.1) is 0 Å². The van der Waals surface area contributed by atoms with Gasteiger partial charge in [-0.05, 0) is 5.59 Å². The van der Waals surface area contributed by atoms with Crippen molar-refractivity contribution in [1.82, 2.24) is 20.2 Å². The summed E-state index contributed by atoms with van der Waals surface area (Å²) in [5, 5.41) is 6.95. The van der Waals surface area contributed by atoms with Gasteiger partial charge in [-0.25, -0.2) is 9.97 Å². The second-order valence-electron chi connectivity index (χ2n) is 2.09. The second-order valence-corrected chi connectivity index (χ2v) is 2.09. The lowest BCUT2D eigenvalue weighted by molar-refractivity contribution is 1.11. The summed E-state index contributed by atoms with van der Waals surface area (Å²) >= 11 is 0. The van der Waals surface area contributed by atoms with Crippen molar-refractivity contribution in [1.29, 1.82) is 0 Å². The molecule has 0 aliphatic carbocycles. The zero-order valence-electron chi connectivity index (χ0n) is 5.57. The fourth-order valence-electron chi connectivity index (χ4n) is 0.902. The molecule has 11 heavy (non-hydrogen) atoms. The Labute approximate surface area is 63.4 Å². The Hall–Kier alpha value is -1.59. The average molecular weight is 145 g/mol. The van der Waals surface area contributed by atoms with Crippen LogP contribution in [0.15, 0.2) is 6.33 Å². The highest BCUT2D eigenvalue weighted by molar-refractivity contribution is 6.37. The second kappa shape index (κ2) is 1.95. The maximum atomic E-state index is 5.51. The number of hydrogen-bond donors (Lipinski definition) is 2. The molecule has 0 aliphatic rings. The van der Waals surface area contributed by atoms with Crippen LogP contribution in [-0.4, -0.2) is 28.0 Å². The Bertz CT molecular complexity index is 395. The molecule has 2 heterocycles. The number of fused-ring (bicyclic) bond motifs is 1. The molecule has 0 atom stereocenters. The van der Waals surface area contributed by atoms with Gasteiger partial charge in [0.1, 0.15) is 20.0 Å². The summed E-state index contributed by atoms with van der Waals surface area (Å²) in [7, 11) is 5.50. The minimum atomic E-state index is 0.348. The van der Waals surface area contributed by atoms with E-state index in [0.717, 1.165) is 0 Å². The lowest BCUT2D eigenvalue weighted by Gasteiger charge is -1.92. The van der Waals surface area contributed by atoms with Crippen molar-refractivity contribution in [2.75, 3.05) is 5.73 Å². The van der Waals surface area contributed by atoms with Crippen LogP contribution in [0.4, 0.5) is 5.82 Å². The zero-order valence-corrected chi connectivity index (χ0v) is 5.57. The molecular formula is C5H4BN5. The van der Waals surface area contributed by atoms with Crippen LogP contribution in [0.1, 0.15) is 0 Å². The minimum absolute atomic E-state index is 0.348. The molecule has 2 aromatic rings. The first-order chi connectivity index (χ1) is 5.29. The summed E-state index contributed by atoms with van der Waals surface area (Å²) in [4.78, 5) is 7.62. The molecule has 0 aromatic carbocycles. The first kappa shape index (κ1) is 6.15. The van der Waals surface area contributed by atoms with E-state index in [0.29, 0.717) is 22.4 Å². The molecule has 2 radical (unpaired) electrons. The Kier molecular flexibility index (Phi) is 1.09. The van der Waals surface area contributed by atoms with Crippen LogP contribution in [0.25, 0.3) is 11.0 Å². The Morgan fingerprint density at radius 2 is 2.27 bits per heavy atom. The van der Waals surface area contributed by atoms with Crippen molar-refractivity contribution in [3.05, 3.63) is 6.33 Å². The largest absolute Gasteiger partial charge is 0.383 e. The predicted octanol–water partition coefficient (Wildman–Crippen LogP) is -1.27. The number of H-pyrrole nitrogens is 1. The summed E-state index contributed by atoms with van der Waals surface area (Å²) in [6.45, 7) is 0. The van der Waals surface area contributed by atoms with Gasteiger partial charge in [0.15, 0.2) is 5.65 Å². The molecule has 5 nitrogen and oxygen atoms in total. The molecule has 6 heteroatoms. The fraction of sp³-hybridized carbons (Fsp3) is 0. The molecule has 0 saturated heterocycles. The molecule has 3 N–H and O–H groups in total. The monoisotopic (exact) mass is 145 g/mol. The zero-order chi connectivity index (χ0) is 7.84. The van der Waals surface area contributed by atoms with Crippen molar-refractivity contribution in [2.45, 2.75) is 0 Å². The van der Waals surface area contributed by atoms with Crippen LogP contribution < -0.4 is 11.3 Å². The number of anilines is 1. The Balaban J connectivity index is 2.96. The minimum Gasteiger partial charge on any atom is -0.383 e. The normalized spacial score (nSPS) is 10.5. The molecule has 2 aromatic heterocycles. The molecule has 52 valence electrons. The van der Waals surface area contributed by atoms with Crippen molar-refractivity contribution >= 4 is 30.3 Å². The standard InChI is InChI=1S/C5H4BN5/c6-3-2-4(7)8-1-9-5(2)11-10-3/h1H,(H3,7,8,9,10,11). The third-order valence-corrected chi connectivity index (χ3v) is 1.41. The number of rotatable bonds is 0. The number of hydrogen-bond acceptors (Lipinski definition) is 4. The van der Waals surface area contributed by atoms with Gasteiger partial charge in [-0.3, -0.25) is 5.10 Å². The summed E-state index contributed by atoms with van der Waals surface area (Å²) in [5.41, 5.74) is 6.41. The van der Waals surface area contributed by atoms with Crippen molar-refractivity contribution in [3.8, 4) is 0 Å². The highest BCUT2D eigenvalue weighted by Crippen LogP contribution is 2.08. The van der Waals surface area contributed by atoms with E-state index in [1.165, 1.54) is 6.33 Å². The third kappa shape index (κ3) is 0.755. The van der Waals surface area contributed by atoms with Crippen LogP contribution in [0.2, 0.25) is 0 Å². The first-order valence-corrected chi connectivity index (χ1v) is 2.99. The van der Waals surface area contributed by atoms with Gasteiger partial charge in [-0.2, -0.15) is 5.10 Å². The van der Waals surface area contributed by atoms with Crippen LogP contribution in [0.3, 0.4) is 0 Å². The first-order valence-electron chi connectivity index (χ1n) is 2.99. The number of aromatic nitrogens is 4. The lowest BCUT2D eigenvalue weighted by Crippen LogP contribution is -2.06. The third-order valence-electron chi connectivity index (χ3n) is 1.41. The van der Waals surface area contributed by atoms with Crippen LogP contribution in [-0.2, 0) is 0 Å². The number of nitrogens with one attached hydrogen (secondary N) is 1. The van der Waals surface area contributed by atoms with Crippen LogP contribution in [0, 0.1) is 0 Å². The number of aromatic amines is 1. The molecular weight excluding hydrogens is 141 g/mol. The average Bonchev–Trinajstić information content (AvgIpc) is 2.34. The number of nitrogens with zero attached hydrogens (tertiary/aromatic N) is 3. The van der Waals surface area contributed by atoms with E-state index in [9.17, 15) is 0 Å². The van der Waals surface area contributed by atoms with Gasteiger partial charge >= 0.3 is 0 Å². The fourth-order valence-corrected chi connectivity index (χ4v) is 0.902. The summed E-state index contributed by atoms with van der Waals surface area (Å²) in [6, 6.07) is 0. The number of nitrogens with two attached hydrogens (primary N) is 1. The van der Waals surface area contributed by atoms with E-state index in [1.807, 2.05) is 0 Å². The quantitative estimate of drug-likeness (QED) is 0.452. The van der Waals surface area contributed by atoms with Crippen molar-refractivity contribution in [3.63, 3.8) is 0 Å². The molecule has 2 rings (SSSR count). The number of nitrogen functional groups attached to an aromatic ring is 1. The van der Waals surface area contributed by atoms with E-state index in [-0.39, 0.29) is 0 Å². The smallest absolute Gasteiger partial charge is 0.185 e. The Morgan fingerprint density at radius 3 is 3.00 bits per heavy atom. The summed E-state index contributed by atoms with van der Waals surface area (Å²) in [6.07, 6.45) is 1.35. The topological polar surface area (TPSA) is 80.5 Å². The Morgan fingerprint density at radius 1 is 1.45 bits per heavy atom. The molecule has 0 aliphatic heterocycles. The SMILES string of the molecule is [B]c1[nH]nc2ncnc(N)c12. The maximum absolute atomic E-state index is 5.51. The van der Waals surface area contributed by atoms with Crippen molar-refractivity contribution in [2.24, 2.45) is 0 Å². The van der Waals surface area contributed by atoms with Gasteiger partial charge in [0, 0.05) is 0 Å². The summed E-state index contributed by atoms with van der Waals surface area (Å²) in [5.74, 6) is 0.348. The molecule has 0 bridgehead atoms. The van der Waals surface area contributed by atoms with Gasteiger partial charge in [-0.1, -0.05) is 0 Å². The highest BCUT2D eigenvalue weighted by atomic mass is 15.2. The molecule has 0 unspecified atom stereocenters. The van der Waals surface area contributed by atoms with E-state index in [2.05, 4.69) is 20.2 Å². The maximum Gasteiger partial charge on any atom is 0.185 e. The van der Waals surface area contributed by atoms with E-state index in [4.69, 9.17) is 13.6 Å². The highest BCUT2D eigenvalue weighted by Gasteiger charge is 2.04. The molecule has 0 saturated carbocycles. The molecule has 0 spiro atoms. The van der Waals surface area contributed by atoms with E-state index >= 15 is 0 Å². The van der Waals surface area contributed by atoms with Gasteiger partial charge in [0.25, 0.3) is 0 Å². The van der Waals surface area contributed by atoms with Gasteiger partial charge in [0.2, 0.25) is 0 Å². The molecule has 0 fully saturated rings. The van der Waals surface area contributed by atoms with Crippen molar-refractivity contribution < 1.29 is 0 Å². The van der Waals surface area contributed by atoms with E-state index < -0.39 is 0 Å². The lowest BCUT2D eigenvalue weighted by atomic mass is 10.0. The van der Waals surface area contributed by atoms with Crippen LogP contribution in [0.5, 0.6) is 0 Å². The molecule has 0 amide bonds. The van der Waals surface area contributed by atoms with Gasteiger partial charge in [0.05, 0.1) is 5.39 Å². The van der Waals surface area contributed by atoms with E-state index in [1.54, 1.807) is 0 Å². The van der Waals surface area contributed by atoms with Gasteiger partial charge < -0.3 is 5.73 Å². The van der Waals surface area contributed by atoms with Crippen LogP contribution >= 0.6 is 0 Å². The predicted molar refractivity (Wildman–Crippen MR) is 41.5 cm³/mol.